The molecule has 2 aromatic carbocycles. The van der Waals surface area contributed by atoms with Crippen LogP contribution in [0.15, 0.2) is 79.1 Å². The predicted octanol–water partition coefficient (Wildman–Crippen LogP) is 4.03. The summed E-state index contributed by atoms with van der Waals surface area (Å²) >= 11 is 0. The molecule has 34 heavy (non-hydrogen) atoms. The summed E-state index contributed by atoms with van der Waals surface area (Å²) < 4.78 is 0. The van der Waals surface area contributed by atoms with E-state index in [1.54, 1.807) is 23.4 Å². The minimum Gasteiger partial charge on any atom is -0.339 e. The fraction of sp³-hybridized carbons (Fsp3) is 0.286. The number of aromatic nitrogens is 1. The Hall–Kier alpha value is -3.80. The summed E-state index contributed by atoms with van der Waals surface area (Å²) in [7, 11) is 0. The lowest BCUT2D eigenvalue weighted by molar-refractivity contribution is -0.143. The standard InChI is InChI=1S/C28H29N3O3/c1-3-30(19-22-11-5-4-6-12-22)25(32)16-28(24-14-8-7-10-21(24)2)17-26(33)31(27(28)34)20-23-13-9-15-29-18-23/h4-15,18H,3,16-17,19-20H2,1-2H3/t28-/m0/s1. The first kappa shape index (κ1) is 23.4. The lowest BCUT2D eigenvalue weighted by atomic mass is 9.74. The van der Waals surface area contributed by atoms with Crippen molar-refractivity contribution in [2.75, 3.05) is 6.54 Å². The normalized spacial score (nSPS) is 17.8. The average molecular weight is 456 g/mol. The Labute approximate surface area is 200 Å². The monoisotopic (exact) mass is 455 g/mol. The number of hydrogen-bond acceptors (Lipinski definition) is 4. The van der Waals surface area contributed by atoms with Crippen LogP contribution in [0.5, 0.6) is 0 Å². The summed E-state index contributed by atoms with van der Waals surface area (Å²) in [4.78, 5) is 47.8. The highest BCUT2D eigenvalue weighted by Gasteiger charge is 2.54. The molecule has 1 aliphatic rings. The van der Waals surface area contributed by atoms with Gasteiger partial charge >= 0.3 is 0 Å². The second-order valence-electron chi connectivity index (χ2n) is 8.79. The molecule has 0 unspecified atom stereocenters. The minimum absolute atomic E-state index is 0.0222. The van der Waals surface area contributed by atoms with Gasteiger partial charge in [0, 0.05) is 38.3 Å². The van der Waals surface area contributed by atoms with Crippen molar-refractivity contribution in [2.24, 2.45) is 0 Å². The Balaban J connectivity index is 1.67. The van der Waals surface area contributed by atoms with Crippen molar-refractivity contribution < 1.29 is 14.4 Å². The predicted molar refractivity (Wildman–Crippen MR) is 129 cm³/mol. The highest BCUT2D eigenvalue weighted by Crippen LogP contribution is 2.42. The van der Waals surface area contributed by atoms with E-state index in [2.05, 4.69) is 4.98 Å². The number of carbonyl (C=O) groups is 3. The van der Waals surface area contributed by atoms with E-state index in [0.717, 1.165) is 22.3 Å². The van der Waals surface area contributed by atoms with Gasteiger partial charge in [-0.15, -0.1) is 0 Å². The topological polar surface area (TPSA) is 70.6 Å². The van der Waals surface area contributed by atoms with Crippen LogP contribution in [0.2, 0.25) is 0 Å². The van der Waals surface area contributed by atoms with Gasteiger partial charge < -0.3 is 4.90 Å². The Morgan fingerprint density at radius 2 is 1.71 bits per heavy atom. The maximum absolute atomic E-state index is 13.9. The number of pyridine rings is 1. The van der Waals surface area contributed by atoms with Crippen molar-refractivity contribution in [1.29, 1.82) is 0 Å². The van der Waals surface area contributed by atoms with E-state index in [4.69, 9.17) is 0 Å². The van der Waals surface area contributed by atoms with Gasteiger partial charge in [-0.05, 0) is 42.2 Å². The van der Waals surface area contributed by atoms with Gasteiger partial charge in [0.2, 0.25) is 17.7 Å². The number of amides is 3. The molecule has 0 radical (unpaired) electrons. The van der Waals surface area contributed by atoms with Crippen LogP contribution in [0.1, 0.15) is 42.0 Å². The quantitative estimate of drug-likeness (QED) is 0.481. The van der Waals surface area contributed by atoms with E-state index in [-0.39, 0.29) is 37.1 Å². The molecule has 0 saturated carbocycles. The number of carbonyl (C=O) groups excluding carboxylic acids is 3. The smallest absolute Gasteiger partial charge is 0.241 e. The summed E-state index contributed by atoms with van der Waals surface area (Å²) in [5.74, 6) is -0.727. The molecule has 0 aliphatic carbocycles. The lowest BCUT2D eigenvalue weighted by Gasteiger charge is -2.31. The minimum atomic E-state index is -1.22. The van der Waals surface area contributed by atoms with E-state index >= 15 is 0 Å². The van der Waals surface area contributed by atoms with E-state index in [9.17, 15) is 14.4 Å². The molecule has 0 N–H and O–H groups in total. The molecule has 2 heterocycles. The van der Waals surface area contributed by atoms with Crippen LogP contribution >= 0.6 is 0 Å². The van der Waals surface area contributed by atoms with Gasteiger partial charge in [-0.2, -0.15) is 0 Å². The average Bonchev–Trinajstić information content (AvgIpc) is 3.08. The first-order valence-corrected chi connectivity index (χ1v) is 11.6. The van der Waals surface area contributed by atoms with E-state index in [1.807, 2.05) is 74.5 Å². The van der Waals surface area contributed by atoms with Crippen LogP contribution in [0.3, 0.4) is 0 Å². The third kappa shape index (κ3) is 4.62. The Morgan fingerprint density at radius 1 is 1.00 bits per heavy atom. The van der Waals surface area contributed by atoms with Gasteiger partial charge in [-0.3, -0.25) is 24.3 Å². The molecule has 1 fully saturated rings. The molecule has 6 nitrogen and oxygen atoms in total. The molecule has 0 bridgehead atoms. The Kier molecular flexibility index (Phi) is 6.87. The maximum atomic E-state index is 13.9. The van der Waals surface area contributed by atoms with E-state index < -0.39 is 5.41 Å². The highest BCUT2D eigenvalue weighted by atomic mass is 16.2. The van der Waals surface area contributed by atoms with Gasteiger partial charge in [0.1, 0.15) is 0 Å². The largest absolute Gasteiger partial charge is 0.339 e. The molecular formula is C28H29N3O3. The first-order chi connectivity index (χ1) is 16.4. The molecule has 3 aromatic rings. The second-order valence-corrected chi connectivity index (χ2v) is 8.79. The Bertz CT molecular complexity index is 1180. The number of benzene rings is 2. The van der Waals surface area contributed by atoms with E-state index in [1.165, 1.54) is 4.90 Å². The van der Waals surface area contributed by atoms with Gasteiger partial charge in [-0.25, -0.2) is 0 Å². The fourth-order valence-electron chi connectivity index (χ4n) is 4.74. The van der Waals surface area contributed by atoms with Crippen LogP contribution in [-0.2, 0) is 32.9 Å². The van der Waals surface area contributed by atoms with Crippen molar-refractivity contribution in [2.45, 2.75) is 45.2 Å². The van der Waals surface area contributed by atoms with Crippen LogP contribution in [0.4, 0.5) is 0 Å². The fourth-order valence-corrected chi connectivity index (χ4v) is 4.74. The summed E-state index contributed by atoms with van der Waals surface area (Å²) in [6.45, 7) is 4.97. The van der Waals surface area contributed by atoms with Crippen molar-refractivity contribution in [3.8, 4) is 0 Å². The summed E-state index contributed by atoms with van der Waals surface area (Å²) in [6, 6.07) is 20.9. The molecular weight excluding hydrogens is 426 g/mol. The summed E-state index contributed by atoms with van der Waals surface area (Å²) in [5.41, 5.74) is 2.22. The first-order valence-electron chi connectivity index (χ1n) is 11.6. The molecule has 4 rings (SSSR count). The molecule has 1 saturated heterocycles. The molecule has 1 aromatic heterocycles. The number of hydrogen-bond donors (Lipinski definition) is 0. The van der Waals surface area contributed by atoms with Gasteiger partial charge in [0.05, 0.1) is 12.0 Å². The number of imide groups is 1. The molecule has 174 valence electrons. The van der Waals surface area contributed by atoms with Gasteiger partial charge in [0.25, 0.3) is 0 Å². The van der Waals surface area contributed by atoms with Crippen LogP contribution < -0.4 is 0 Å². The second kappa shape index (κ2) is 10.00. The SMILES string of the molecule is CCN(Cc1ccccc1)C(=O)C[C@@]1(c2ccccc2C)CC(=O)N(Cc2cccnc2)C1=O. The highest BCUT2D eigenvalue weighted by molar-refractivity contribution is 6.10. The summed E-state index contributed by atoms with van der Waals surface area (Å²) in [5, 5.41) is 0. The van der Waals surface area contributed by atoms with E-state index in [0.29, 0.717) is 13.1 Å². The van der Waals surface area contributed by atoms with Crippen LogP contribution in [-0.4, -0.2) is 39.1 Å². The number of rotatable bonds is 8. The van der Waals surface area contributed by atoms with Gasteiger partial charge in [-0.1, -0.05) is 60.7 Å². The zero-order valence-corrected chi connectivity index (χ0v) is 19.6. The van der Waals surface area contributed by atoms with Crippen molar-refractivity contribution in [3.05, 3.63) is 101 Å². The lowest BCUT2D eigenvalue weighted by Crippen LogP contribution is -2.43. The molecule has 1 aliphatic heterocycles. The van der Waals surface area contributed by atoms with Gasteiger partial charge in [0.15, 0.2) is 0 Å². The van der Waals surface area contributed by atoms with Crippen LogP contribution in [0, 0.1) is 6.92 Å². The van der Waals surface area contributed by atoms with Crippen molar-refractivity contribution in [1.82, 2.24) is 14.8 Å². The van der Waals surface area contributed by atoms with Crippen molar-refractivity contribution >= 4 is 17.7 Å². The Morgan fingerprint density at radius 3 is 2.38 bits per heavy atom. The number of nitrogens with zero attached hydrogens (tertiary/aromatic N) is 3. The van der Waals surface area contributed by atoms with Crippen LogP contribution in [0.25, 0.3) is 0 Å². The zero-order valence-electron chi connectivity index (χ0n) is 19.6. The molecule has 1 atom stereocenters. The third-order valence-corrected chi connectivity index (χ3v) is 6.54. The zero-order chi connectivity index (χ0) is 24.1. The number of likely N-dealkylation sites (tertiary alicyclic amines) is 1. The maximum Gasteiger partial charge on any atom is 0.241 e. The molecule has 3 amide bonds. The molecule has 0 spiro atoms. The molecule has 6 heteroatoms. The summed E-state index contributed by atoms with van der Waals surface area (Å²) in [6.07, 6.45) is 3.23. The number of aryl methyl sites for hydroxylation is 1. The third-order valence-electron chi connectivity index (χ3n) is 6.54. The van der Waals surface area contributed by atoms with Crippen molar-refractivity contribution in [3.63, 3.8) is 0 Å².